The van der Waals surface area contributed by atoms with Crippen LogP contribution in [-0.2, 0) is 36.9 Å². The van der Waals surface area contributed by atoms with Gasteiger partial charge in [-0.3, -0.25) is 14.4 Å². The second-order valence-electron chi connectivity index (χ2n) is 9.43. The number of amides is 1. The minimum atomic E-state index is -0.426. The Bertz CT molecular complexity index is 1200. The van der Waals surface area contributed by atoms with E-state index in [9.17, 15) is 14.4 Å². The molecule has 0 saturated heterocycles. The molecule has 0 fully saturated rings. The summed E-state index contributed by atoms with van der Waals surface area (Å²) in [5.74, 6) is -1.07. The van der Waals surface area contributed by atoms with Gasteiger partial charge in [-0.25, -0.2) is 0 Å². The Morgan fingerprint density at radius 1 is 0.821 bits per heavy atom. The molecule has 1 N–H and O–H groups in total. The van der Waals surface area contributed by atoms with Gasteiger partial charge in [0.1, 0.15) is 6.61 Å². The van der Waals surface area contributed by atoms with Crippen molar-refractivity contribution in [3.05, 3.63) is 95.0 Å². The van der Waals surface area contributed by atoms with E-state index in [1.165, 1.54) is 0 Å². The summed E-state index contributed by atoms with van der Waals surface area (Å²) >= 11 is 6.12. The van der Waals surface area contributed by atoms with E-state index in [4.69, 9.17) is 21.1 Å². The quantitative estimate of drug-likeness (QED) is 0.169. The van der Waals surface area contributed by atoms with Crippen molar-refractivity contribution in [2.75, 3.05) is 6.61 Å². The molecule has 3 aromatic rings. The molecule has 0 spiro atoms. The predicted molar refractivity (Wildman–Crippen MR) is 153 cm³/mol. The average molecular weight is 550 g/mol. The van der Waals surface area contributed by atoms with Gasteiger partial charge in [-0.05, 0) is 53.6 Å². The van der Waals surface area contributed by atoms with E-state index in [1.54, 1.807) is 0 Å². The van der Waals surface area contributed by atoms with Crippen molar-refractivity contribution >= 4 is 29.4 Å². The Kier molecular flexibility index (Phi) is 12.5. The molecule has 1 atom stereocenters. The maximum atomic E-state index is 12.6. The van der Waals surface area contributed by atoms with Crippen LogP contribution in [0.1, 0.15) is 56.6 Å². The second kappa shape index (κ2) is 16.4. The normalized spacial score (nSPS) is 11.4. The average Bonchev–Trinajstić information content (AvgIpc) is 2.95. The van der Waals surface area contributed by atoms with Gasteiger partial charge in [-0.1, -0.05) is 91.7 Å². The van der Waals surface area contributed by atoms with Crippen LogP contribution < -0.4 is 5.32 Å². The van der Waals surface area contributed by atoms with Crippen molar-refractivity contribution in [3.8, 4) is 11.1 Å². The number of carbonyl (C=O) groups is 3. The summed E-state index contributed by atoms with van der Waals surface area (Å²) in [6.07, 6.45) is 2.99. The third-order valence-corrected chi connectivity index (χ3v) is 6.47. The van der Waals surface area contributed by atoms with Crippen molar-refractivity contribution in [2.45, 2.75) is 64.5 Å². The lowest BCUT2D eigenvalue weighted by atomic mass is 9.99. The number of hydrogen-bond donors (Lipinski definition) is 1. The van der Waals surface area contributed by atoms with Crippen LogP contribution in [0.3, 0.4) is 0 Å². The van der Waals surface area contributed by atoms with Crippen LogP contribution in [0.5, 0.6) is 0 Å². The Balaban J connectivity index is 1.56. The standard InChI is InChI=1S/C32H36ClNO5/c1-2-3-20-38-31(36)19-18-30(35)34-29(22-32(37)39-23-25-8-5-4-6-9-25)17-14-24-12-15-26(16-13-24)27-10-7-11-28(33)21-27/h4-13,15-16,21,29H,2-3,14,17-20,22-23H2,1H3,(H,34,35)/t29-/m1/s1. The largest absolute Gasteiger partial charge is 0.466 e. The third kappa shape index (κ3) is 11.3. The molecule has 0 unspecified atom stereocenters. The van der Waals surface area contributed by atoms with E-state index in [2.05, 4.69) is 5.32 Å². The summed E-state index contributed by atoms with van der Waals surface area (Å²) in [5, 5.41) is 3.60. The van der Waals surface area contributed by atoms with E-state index < -0.39 is 12.0 Å². The number of unbranched alkanes of at least 4 members (excludes halogenated alkanes) is 1. The number of nitrogens with one attached hydrogen (secondary N) is 1. The molecule has 0 aliphatic carbocycles. The fourth-order valence-electron chi connectivity index (χ4n) is 4.01. The SMILES string of the molecule is CCCCOC(=O)CCC(=O)N[C@H](CCc1ccc(-c2cccc(Cl)c2)cc1)CC(=O)OCc1ccccc1. The van der Waals surface area contributed by atoms with Gasteiger partial charge in [0.05, 0.1) is 19.4 Å². The van der Waals surface area contributed by atoms with E-state index in [0.29, 0.717) is 24.5 Å². The molecule has 0 bridgehead atoms. The molecule has 39 heavy (non-hydrogen) atoms. The van der Waals surface area contributed by atoms with E-state index in [-0.39, 0.29) is 37.7 Å². The molecule has 0 aromatic heterocycles. The van der Waals surface area contributed by atoms with Gasteiger partial charge in [0.2, 0.25) is 5.91 Å². The summed E-state index contributed by atoms with van der Waals surface area (Å²) in [6.45, 7) is 2.55. The zero-order valence-corrected chi connectivity index (χ0v) is 23.1. The molecule has 3 rings (SSSR count). The lowest BCUT2D eigenvalue weighted by Gasteiger charge is -2.18. The number of esters is 2. The van der Waals surface area contributed by atoms with Gasteiger partial charge in [0.15, 0.2) is 0 Å². The first-order chi connectivity index (χ1) is 18.9. The van der Waals surface area contributed by atoms with Crippen LogP contribution in [-0.4, -0.2) is 30.5 Å². The first-order valence-electron chi connectivity index (χ1n) is 13.4. The molecular weight excluding hydrogens is 514 g/mol. The van der Waals surface area contributed by atoms with Crippen molar-refractivity contribution in [2.24, 2.45) is 0 Å². The first kappa shape index (κ1) is 29.9. The lowest BCUT2D eigenvalue weighted by Crippen LogP contribution is -2.37. The Morgan fingerprint density at radius 3 is 2.31 bits per heavy atom. The summed E-state index contributed by atoms with van der Waals surface area (Å²) < 4.78 is 10.6. The highest BCUT2D eigenvalue weighted by Crippen LogP contribution is 2.23. The number of benzene rings is 3. The fourth-order valence-corrected chi connectivity index (χ4v) is 4.20. The zero-order valence-electron chi connectivity index (χ0n) is 22.4. The second-order valence-corrected chi connectivity index (χ2v) is 9.87. The Morgan fingerprint density at radius 2 is 1.59 bits per heavy atom. The maximum Gasteiger partial charge on any atom is 0.308 e. The highest BCUT2D eigenvalue weighted by Gasteiger charge is 2.19. The maximum absolute atomic E-state index is 12.6. The predicted octanol–water partition coefficient (Wildman–Crippen LogP) is 6.68. The van der Waals surface area contributed by atoms with Crippen LogP contribution in [0.2, 0.25) is 5.02 Å². The van der Waals surface area contributed by atoms with Gasteiger partial charge < -0.3 is 14.8 Å². The number of ether oxygens (including phenoxy) is 2. The third-order valence-electron chi connectivity index (χ3n) is 6.23. The molecule has 6 nitrogen and oxygen atoms in total. The topological polar surface area (TPSA) is 81.7 Å². The monoisotopic (exact) mass is 549 g/mol. The molecule has 0 saturated carbocycles. The van der Waals surface area contributed by atoms with Crippen LogP contribution >= 0.6 is 11.6 Å². The smallest absolute Gasteiger partial charge is 0.308 e. The number of hydrogen-bond acceptors (Lipinski definition) is 5. The molecule has 3 aromatic carbocycles. The molecule has 0 aliphatic heterocycles. The van der Waals surface area contributed by atoms with Crippen LogP contribution in [0.25, 0.3) is 11.1 Å². The lowest BCUT2D eigenvalue weighted by molar-refractivity contribution is -0.147. The highest BCUT2D eigenvalue weighted by molar-refractivity contribution is 6.30. The number of halogens is 1. The molecular formula is C32H36ClNO5. The highest BCUT2D eigenvalue weighted by atomic mass is 35.5. The van der Waals surface area contributed by atoms with Gasteiger partial charge in [-0.2, -0.15) is 0 Å². The number of aryl methyl sites for hydroxylation is 1. The van der Waals surface area contributed by atoms with E-state index in [1.807, 2.05) is 85.8 Å². The Hall–Kier alpha value is -3.64. The molecule has 1 amide bonds. The number of carbonyl (C=O) groups excluding carboxylic acids is 3. The molecule has 206 valence electrons. The summed E-state index contributed by atoms with van der Waals surface area (Å²) in [7, 11) is 0. The minimum Gasteiger partial charge on any atom is -0.466 e. The first-order valence-corrected chi connectivity index (χ1v) is 13.8. The van der Waals surface area contributed by atoms with Gasteiger partial charge in [-0.15, -0.1) is 0 Å². The number of rotatable bonds is 15. The van der Waals surface area contributed by atoms with E-state index in [0.717, 1.165) is 35.1 Å². The van der Waals surface area contributed by atoms with Crippen LogP contribution in [0.4, 0.5) is 0 Å². The molecule has 0 aliphatic rings. The van der Waals surface area contributed by atoms with Gasteiger partial charge in [0.25, 0.3) is 0 Å². The van der Waals surface area contributed by atoms with Gasteiger partial charge in [0, 0.05) is 17.5 Å². The summed E-state index contributed by atoms with van der Waals surface area (Å²) in [5.41, 5.74) is 4.07. The fraction of sp³-hybridized carbons (Fsp3) is 0.344. The van der Waals surface area contributed by atoms with Gasteiger partial charge >= 0.3 is 11.9 Å². The van der Waals surface area contributed by atoms with Crippen molar-refractivity contribution < 1.29 is 23.9 Å². The van der Waals surface area contributed by atoms with Crippen LogP contribution in [0, 0.1) is 0 Å². The Labute approximate surface area is 235 Å². The molecule has 0 heterocycles. The molecule has 0 radical (unpaired) electrons. The zero-order chi connectivity index (χ0) is 27.9. The van der Waals surface area contributed by atoms with Crippen LogP contribution in [0.15, 0.2) is 78.9 Å². The molecule has 7 heteroatoms. The van der Waals surface area contributed by atoms with Crippen molar-refractivity contribution in [3.63, 3.8) is 0 Å². The van der Waals surface area contributed by atoms with Crippen molar-refractivity contribution in [1.29, 1.82) is 0 Å². The summed E-state index contributed by atoms with van der Waals surface area (Å²) in [6, 6.07) is 24.9. The summed E-state index contributed by atoms with van der Waals surface area (Å²) in [4.78, 5) is 37.1. The van der Waals surface area contributed by atoms with Crippen molar-refractivity contribution in [1.82, 2.24) is 5.32 Å². The minimum absolute atomic E-state index is 0.00564. The van der Waals surface area contributed by atoms with E-state index >= 15 is 0 Å².